The average Bonchev–Trinajstić information content (AvgIpc) is 3.66. The van der Waals surface area contributed by atoms with Crippen molar-refractivity contribution in [3.8, 4) is 55.6 Å². The third-order valence-electron chi connectivity index (χ3n) is 13.3. The lowest BCUT2D eigenvalue weighted by Gasteiger charge is -2.30. The highest BCUT2D eigenvalue weighted by atomic mass is 15.1. The van der Waals surface area contributed by atoms with Crippen LogP contribution in [0.1, 0.15) is 49.9 Å². The van der Waals surface area contributed by atoms with Crippen LogP contribution < -0.4 is 4.90 Å². The summed E-state index contributed by atoms with van der Waals surface area (Å²) in [4.78, 5) is 2.47. The van der Waals surface area contributed by atoms with E-state index < -0.39 is 0 Å². The van der Waals surface area contributed by atoms with Crippen LogP contribution in [-0.4, -0.2) is 0 Å². The van der Waals surface area contributed by atoms with Crippen molar-refractivity contribution in [2.45, 2.75) is 38.5 Å². The highest BCUT2D eigenvalue weighted by molar-refractivity contribution is 6.09. The molecule has 2 aliphatic rings. The quantitative estimate of drug-likeness (QED) is 0.163. The topological polar surface area (TPSA) is 3.24 Å². The summed E-state index contributed by atoms with van der Waals surface area (Å²) in [7, 11) is 0. The number of rotatable bonds is 6. The van der Waals surface area contributed by atoms with Gasteiger partial charge in [-0.2, -0.15) is 0 Å². The molecule has 0 fully saturated rings. The van der Waals surface area contributed by atoms with Crippen LogP contribution in [-0.2, 0) is 10.8 Å². The van der Waals surface area contributed by atoms with Gasteiger partial charge in [-0.25, -0.2) is 0 Å². The molecule has 0 saturated carbocycles. The Balaban J connectivity index is 1.13. The van der Waals surface area contributed by atoms with E-state index in [1.807, 2.05) is 0 Å². The van der Waals surface area contributed by atoms with Crippen LogP contribution in [0.2, 0.25) is 0 Å². The van der Waals surface area contributed by atoms with E-state index in [2.05, 4.69) is 233 Å². The Bertz CT molecular complexity index is 2980. The summed E-state index contributed by atoms with van der Waals surface area (Å²) in [6, 6.07) is 74.1. The summed E-state index contributed by atoms with van der Waals surface area (Å²) in [5.41, 5.74) is 21.4. The fourth-order valence-corrected chi connectivity index (χ4v) is 10.3. The lowest BCUT2D eigenvalue weighted by molar-refractivity contribution is 0.660. The fraction of sp³-hybridized carbons (Fsp3) is 0.103. The first kappa shape index (κ1) is 35.2. The lowest BCUT2D eigenvalue weighted by atomic mass is 9.79. The van der Waals surface area contributed by atoms with Gasteiger partial charge in [-0.3, -0.25) is 0 Å². The Morgan fingerprint density at radius 2 is 0.814 bits per heavy atom. The van der Waals surface area contributed by atoms with Crippen LogP contribution in [0.25, 0.3) is 66.4 Å². The predicted molar refractivity (Wildman–Crippen MR) is 250 cm³/mol. The van der Waals surface area contributed by atoms with Gasteiger partial charge in [0, 0.05) is 27.6 Å². The normalized spacial score (nSPS) is 14.0. The van der Waals surface area contributed by atoms with Crippen LogP contribution >= 0.6 is 0 Å². The van der Waals surface area contributed by atoms with Crippen molar-refractivity contribution in [2.24, 2.45) is 0 Å². The molecule has 0 N–H and O–H groups in total. The molecule has 0 atom stereocenters. The van der Waals surface area contributed by atoms with E-state index in [1.54, 1.807) is 0 Å². The molecule has 0 unspecified atom stereocenters. The van der Waals surface area contributed by atoms with Crippen molar-refractivity contribution in [3.05, 3.63) is 222 Å². The Labute approximate surface area is 347 Å². The molecule has 9 aromatic rings. The molecule has 9 aromatic carbocycles. The Kier molecular flexibility index (Phi) is 7.94. The van der Waals surface area contributed by atoms with Gasteiger partial charge in [0.2, 0.25) is 0 Å². The minimum atomic E-state index is -0.204. The van der Waals surface area contributed by atoms with Crippen LogP contribution in [0.15, 0.2) is 200 Å². The minimum Gasteiger partial charge on any atom is -0.310 e. The second kappa shape index (κ2) is 13.3. The number of hydrogen-bond acceptors (Lipinski definition) is 1. The van der Waals surface area contributed by atoms with E-state index in [0.29, 0.717) is 0 Å². The SMILES string of the molecule is CC1(C)c2ccccc2-c2ccc(-c3cccc4c3-c3cc(N(c5ccc(-c6ccccc6)cc5)c5ccc(-c6ccccc6)cc5)c5ccccc5c3C4(C)C)cc21. The Hall–Kier alpha value is -6.96. The van der Waals surface area contributed by atoms with E-state index in [4.69, 9.17) is 0 Å². The molecule has 0 spiro atoms. The maximum atomic E-state index is 2.50. The molecule has 0 aromatic heterocycles. The van der Waals surface area contributed by atoms with E-state index in [-0.39, 0.29) is 10.8 Å². The molecule has 0 aliphatic heterocycles. The third-order valence-corrected chi connectivity index (χ3v) is 13.3. The van der Waals surface area contributed by atoms with Crippen molar-refractivity contribution in [2.75, 3.05) is 4.90 Å². The van der Waals surface area contributed by atoms with Crippen LogP contribution in [0, 0.1) is 0 Å². The van der Waals surface area contributed by atoms with Gasteiger partial charge in [0.25, 0.3) is 0 Å². The summed E-state index contributed by atoms with van der Waals surface area (Å²) in [5.74, 6) is 0. The van der Waals surface area contributed by atoms with E-state index >= 15 is 0 Å². The monoisotopic (exact) mass is 755 g/mol. The highest BCUT2D eigenvalue weighted by Crippen LogP contribution is 2.58. The Morgan fingerprint density at radius 3 is 1.46 bits per heavy atom. The van der Waals surface area contributed by atoms with Crippen LogP contribution in [0.4, 0.5) is 17.1 Å². The molecule has 11 rings (SSSR count). The van der Waals surface area contributed by atoms with Gasteiger partial charge in [-0.1, -0.05) is 191 Å². The molecule has 0 saturated heterocycles. The zero-order valence-corrected chi connectivity index (χ0v) is 34.0. The van der Waals surface area contributed by atoms with Gasteiger partial charge < -0.3 is 4.90 Å². The van der Waals surface area contributed by atoms with E-state index in [0.717, 1.165) is 11.4 Å². The van der Waals surface area contributed by atoms with Crippen molar-refractivity contribution < 1.29 is 0 Å². The first-order valence-corrected chi connectivity index (χ1v) is 20.8. The largest absolute Gasteiger partial charge is 0.310 e. The molecule has 0 bridgehead atoms. The number of benzene rings is 9. The van der Waals surface area contributed by atoms with Crippen molar-refractivity contribution >= 4 is 27.8 Å². The van der Waals surface area contributed by atoms with Gasteiger partial charge in [0.05, 0.1) is 5.69 Å². The highest BCUT2D eigenvalue weighted by Gasteiger charge is 2.40. The van der Waals surface area contributed by atoms with Gasteiger partial charge >= 0.3 is 0 Å². The second-order valence-electron chi connectivity index (χ2n) is 17.3. The van der Waals surface area contributed by atoms with Crippen LogP contribution in [0.3, 0.4) is 0 Å². The van der Waals surface area contributed by atoms with E-state index in [1.165, 1.54) is 94.3 Å². The van der Waals surface area contributed by atoms with Gasteiger partial charge in [-0.05, 0) is 120 Å². The summed E-state index contributed by atoms with van der Waals surface area (Å²) in [6.45, 7) is 9.58. The standard InChI is InChI=1S/C58H45N/c1-57(2)51-24-14-13-20-46(51)47-35-30-42(36-53(47)57)45-23-15-25-52-55(45)50-37-54(48-21-11-12-22-49(48)56(50)58(52,3)4)59(43-31-26-40(27-32-43)38-16-7-5-8-17-38)44-33-28-41(29-34-44)39-18-9-6-10-19-39/h5-37H,1-4H3. The summed E-state index contributed by atoms with van der Waals surface area (Å²) >= 11 is 0. The summed E-state index contributed by atoms with van der Waals surface area (Å²) in [6.07, 6.45) is 0. The number of anilines is 3. The number of fused-ring (bicyclic) bond motifs is 8. The van der Waals surface area contributed by atoms with Gasteiger partial charge in [0.1, 0.15) is 0 Å². The summed E-state index contributed by atoms with van der Waals surface area (Å²) in [5, 5.41) is 2.54. The molecular weight excluding hydrogens is 711 g/mol. The van der Waals surface area contributed by atoms with Crippen molar-refractivity contribution in [1.82, 2.24) is 0 Å². The van der Waals surface area contributed by atoms with Gasteiger partial charge in [-0.15, -0.1) is 0 Å². The van der Waals surface area contributed by atoms with Gasteiger partial charge in [0.15, 0.2) is 0 Å². The minimum absolute atomic E-state index is 0.0763. The molecule has 0 heterocycles. The average molecular weight is 756 g/mol. The molecule has 1 heteroatoms. The first-order valence-electron chi connectivity index (χ1n) is 20.8. The molecule has 1 nitrogen and oxygen atoms in total. The molecule has 0 radical (unpaired) electrons. The number of nitrogens with zero attached hydrogens (tertiary/aromatic N) is 1. The molecule has 2 aliphatic carbocycles. The lowest BCUT2D eigenvalue weighted by Crippen LogP contribution is -2.16. The summed E-state index contributed by atoms with van der Waals surface area (Å²) < 4.78 is 0. The van der Waals surface area contributed by atoms with E-state index in [9.17, 15) is 0 Å². The molecular formula is C58H45N. The predicted octanol–water partition coefficient (Wildman–Crippen LogP) is 15.9. The molecule has 282 valence electrons. The second-order valence-corrected chi connectivity index (χ2v) is 17.3. The zero-order valence-electron chi connectivity index (χ0n) is 34.0. The first-order chi connectivity index (χ1) is 28.8. The smallest absolute Gasteiger partial charge is 0.0546 e. The maximum Gasteiger partial charge on any atom is 0.0546 e. The molecule has 59 heavy (non-hydrogen) atoms. The zero-order chi connectivity index (χ0) is 39.9. The van der Waals surface area contributed by atoms with Crippen LogP contribution in [0.5, 0.6) is 0 Å². The molecule has 0 amide bonds. The third kappa shape index (κ3) is 5.45. The van der Waals surface area contributed by atoms with Crippen molar-refractivity contribution in [3.63, 3.8) is 0 Å². The maximum absolute atomic E-state index is 2.50. The number of hydrogen-bond donors (Lipinski definition) is 0. The Morgan fingerprint density at radius 1 is 0.322 bits per heavy atom. The van der Waals surface area contributed by atoms with Crippen molar-refractivity contribution in [1.29, 1.82) is 0 Å². The fourth-order valence-electron chi connectivity index (χ4n) is 10.3.